The van der Waals surface area contributed by atoms with E-state index < -0.39 is 0 Å². The van der Waals surface area contributed by atoms with Crippen LogP contribution in [-0.2, 0) is 0 Å². The number of benzene rings is 1. The fourth-order valence-corrected chi connectivity index (χ4v) is 5.18. The van der Waals surface area contributed by atoms with Crippen molar-refractivity contribution in [2.45, 2.75) is 43.8 Å². The number of phenolic OH excluding ortho intramolecular Hbond substituents is 1. The number of phenols is 1. The largest absolute Gasteiger partial charge is 0.506 e. The van der Waals surface area contributed by atoms with Crippen molar-refractivity contribution in [2.75, 3.05) is 4.90 Å². The molecule has 1 aromatic carbocycles. The second-order valence-electron chi connectivity index (χ2n) is 7.96. The van der Waals surface area contributed by atoms with Gasteiger partial charge in [-0.25, -0.2) is 0 Å². The van der Waals surface area contributed by atoms with Gasteiger partial charge in [0.15, 0.2) is 5.11 Å². The minimum absolute atomic E-state index is 0.142. The highest BCUT2D eigenvalue weighted by molar-refractivity contribution is 7.80. The van der Waals surface area contributed by atoms with Crippen LogP contribution in [0.5, 0.6) is 5.75 Å². The van der Waals surface area contributed by atoms with Gasteiger partial charge in [0, 0.05) is 29.7 Å². The van der Waals surface area contributed by atoms with E-state index in [1.807, 2.05) is 23.1 Å². The maximum absolute atomic E-state index is 10.6. The van der Waals surface area contributed by atoms with Crippen LogP contribution in [0.1, 0.15) is 55.1 Å². The number of hydrogen-bond donors (Lipinski definition) is 2. The maximum atomic E-state index is 10.6. The van der Waals surface area contributed by atoms with Gasteiger partial charge >= 0.3 is 0 Å². The SMILES string of the molecule is Oc1ccc(Cl)cc1N1C(=S)N[C@@H](c2ccccn2)[C@H]1c1ccn(C2CCCC2)c1. The van der Waals surface area contributed by atoms with E-state index in [1.165, 1.54) is 25.7 Å². The van der Waals surface area contributed by atoms with Crippen LogP contribution in [0, 0.1) is 0 Å². The molecular weight excluding hydrogens is 416 g/mol. The van der Waals surface area contributed by atoms with Crippen molar-refractivity contribution in [3.05, 3.63) is 77.3 Å². The van der Waals surface area contributed by atoms with Crippen LogP contribution >= 0.6 is 23.8 Å². The summed E-state index contributed by atoms with van der Waals surface area (Å²) in [6.45, 7) is 0. The Morgan fingerprint density at radius 1 is 1.13 bits per heavy atom. The van der Waals surface area contributed by atoms with Gasteiger partial charge in [0.25, 0.3) is 0 Å². The predicted octanol–water partition coefficient (Wildman–Crippen LogP) is 5.53. The molecule has 1 aliphatic carbocycles. The standard InChI is InChI=1S/C23H23ClN4OS/c24-16-8-9-20(29)19(13-16)28-22(15-10-12-27(14-15)17-5-1-2-6-17)21(26-23(28)30)18-7-3-4-11-25-18/h3-4,7-14,17,21-22,29H,1-2,5-6H2,(H,26,30)/t21-,22+/m0/s1. The molecule has 0 radical (unpaired) electrons. The van der Waals surface area contributed by atoms with Gasteiger partial charge in [-0.15, -0.1) is 0 Å². The molecule has 1 saturated carbocycles. The van der Waals surface area contributed by atoms with Gasteiger partial charge in [0.05, 0.1) is 23.5 Å². The molecule has 2 N–H and O–H groups in total. The number of hydrogen-bond acceptors (Lipinski definition) is 3. The van der Waals surface area contributed by atoms with Gasteiger partial charge < -0.3 is 19.9 Å². The zero-order valence-corrected chi connectivity index (χ0v) is 18.0. The van der Waals surface area contributed by atoms with Crippen molar-refractivity contribution in [3.63, 3.8) is 0 Å². The molecule has 1 aliphatic heterocycles. The number of nitrogens with zero attached hydrogens (tertiary/aromatic N) is 3. The van der Waals surface area contributed by atoms with E-state index in [9.17, 15) is 5.11 Å². The summed E-state index contributed by atoms with van der Waals surface area (Å²) >= 11 is 12.0. The molecule has 2 atom stereocenters. The number of rotatable bonds is 4. The van der Waals surface area contributed by atoms with Crippen LogP contribution in [0.4, 0.5) is 5.69 Å². The third kappa shape index (κ3) is 3.44. The zero-order valence-electron chi connectivity index (χ0n) is 16.4. The predicted molar refractivity (Wildman–Crippen MR) is 123 cm³/mol. The average molecular weight is 439 g/mol. The van der Waals surface area contributed by atoms with Gasteiger partial charge in [-0.2, -0.15) is 0 Å². The van der Waals surface area contributed by atoms with Crippen LogP contribution < -0.4 is 10.2 Å². The lowest BCUT2D eigenvalue weighted by Gasteiger charge is -2.28. The van der Waals surface area contributed by atoms with E-state index >= 15 is 0 Å². The second-order valence-corrected chi connectivity index (χ2v) is 8.78. The molecule has 0 spiro atoms. The van der Waals surface area contributed by atoms with Crippen molar-refractivity contribution >= 4 is 34.6 Å². The number of anilines is 1. The Morgan fingerprint density at radius 2 is 1.97 bits per heavy atom. The number of pyridine rings is 1. The molecular formula is C23H23ClN4OS. The molecule has 5 rings (SSSR count). The molecule has 2 fully saturated rings. The minimum Gasteiger partial charge on any atom is -0.506 e. The number of halogens is 1. The van der Waals surface area contributed by atoms with Crippen molar-refractivity contribution in [1.82, 2.24) is 14.9 Å². The fraction of sp³-hybridized carbons (Fsp3) is 0.304. The number of nitrogens with one attached hydrogen (secondary N) is 1. The highest BCUT2D eigenvalue weighted by Crippen LogP contribution is 2.45. The topological polar surface area (TPSA) is 53.3 Å². The van der Waals surface area contributed by atoms with Gasteiger partial charge in [-0.3, -0.25) is 4.98 Å². The molecule has 2 aromatic heterocycles. The number of aromatic nitrogens is 2. The van der Waals surface area contributed by atoms with E-state index in [0.29, 0.717) is 21.9 Å². The summed E-state index contributed by atoms with van der Waals surface area (Å²) in [5, 5.41) is 15.1. The van der Waals surface area contributed by atoms with Gasteiger partial charge in [0.2, 0.25) is 0 Å². The van der Waals surface area contributed by atoms with Crippen LogP contribution in [0.2, 0.25) is 5.02 Å². The molecule has 0 bridgehead atoms. The first-order valence-electron chi connectivity index (χ1n) is 10.3. The summed E-state index contributed by atoms with van der Waals surface area (Å²) in [4.78, 5) is 6.54. The monoisotopic (exact) mass is 438 g/mol. The Balaban J connectivity index is 1.60. The van der Waals surface area contributed by atoms with E-state index in [2.05, 4.69) is 33.3 Å². The molecule has 0 unspecified atom stereocenters. The Hall–Kier alpha value is -2.57. The lowest BCUT2D eigenvalue weighted by atomic mass is 9.98. The molecule has 154 valence electrons. The Labute approximate surface area is 186 Å². The fourth-order valence-electron chi connectivity index (χ4n) is 4.68. The number of aromatic hydroxyl groups is 1. The summed E-state index contributed by atoms with van der Waals surface area (Å²) in [6, 6.07) is 13.3. The third-order valence-corrected chi connectivity index (χ3v) is 6.67. The summed E-state index contributed by atoms with van der Waals surface area (Å²) in [6.07, 6.45) is 11.2. The first-order chi connectivity index (χ1) is 14.6. The van der Waals surface area contributed by atoms with E-state index in [1.54, 1.807) is 24.4 Å². The summed E-state index contributed by atoms with van der Waals surface area (Å²) in [5.74, 6) is 0.144. The lowest BCUT2D eigenvalue weighted by molar-refractivity contribution is 0.472. The molecule has 2 aliphatic rings. The minimum atomic E-state index is -0.153. The first-order valence-corrected chi connectivity index (χ1v) is 11.1. The Kier molecular flexibility index (Phi) is 5.13. The van der Waals surface area contributed by atoms with Gasteiger partial charge in [0.1, 0.15) is 5.75 Å². The molecule has 1 saturated heterocycles. The Morgan fingerprint density at radius 3 is 2.73 bits per heavy atom. The highest BCUT2D eigenvalue weighted by Gasteiger charge is 2.42. The molecule has 5 nitrogen and oxygen atoms in total. The smallest absolute Gasteiger partial charge is 0.174 e. The van der Waals surface area contributed by atoms with Crippen molar-refractivity contribution in [2.24, 2.45) is 0 Å². The molecule has 7 heteroatoms. The van der Waals surface area contributed by atoms with E-state index in [-0.39, 0.29) is 17.8 Å². The van der Waals surface area contributed by atoms with Crippen LogP contribution in [-0.4, -0.2) is 19.8 Å². The summed E-state index contributed by atoms with van der Waals surface area (Å²) in [5.41, 5.74) is 2.63. The van der Waals surface area contributed by atoms with E-state index in [4.69, 9.17) is 23.8 Å². The molecule has 3 aromatic rings. The summed E-state index contributed by atoms with van der Waals surface area (Å²) < 4.78 is 2.33. The highest BCUT2D eigenvalue weighted by atomic mass is 35.5. The normalized spacial score (nSPS) is 21.9. The zero-order chi connectivity index (χ0) is 20.7. The van der Waals surface area contributed by atoms with Gasteiger partial charge in [-0.1, -0.05) is 30.5 Å². The average Bonchev–Trinajstić information content (AvgIpc) is 3.49. The maximum Gasteiger partial charge on any atom is 0.174 e. The first kappa shape index (κ1) is 19.4. The van der Waals surface area contributed by atoms with Crippen LogP contribution in [0.15, 0.2) is 61.1 Å². The van der Waals surface area contributed by atoms with Gasteiger partial charge in [-0.05, 0) is 67.0 Å². The van der Waals surface area contributed by atoms with Crippen molar-refractivity contribution in [1.29, 1.82) is 0 Å². The molecule has 3 heterocycles. The second kappa shape index (κ2) is 7.93. The van der Waals surface area contributed by atoms with Crippen molar-refractivity contribution < 1.29 is 5.11 Å². The number of thiocarbonyl (C=S) groups is 1. The summed E-state index contributed by atoms with van der Waals surface area (Å²) in [7, 11) is 0. The van der Waals surface area contributed by atoms with E-state index in [0.717, 1.165) is 11.3 Å². The lowest BCUT2D eigenvalue weighted by Crippen LogP contribution is -2.29. The Bertz CT molecular complexity index is 1060. The van der Waals surface area contributed by atoms with Crippen LogP contribution in [0.25, 0.3) is 0 Å². The molecule has 30 heavy (non-hydrogen) atoms. The van der Waals surface area contributed by atoms with Crippen molar-refractivity contribution in [3.8, 4) is 5.75 Å². The quantitative estimate of drug-likeness (QED) is 0.524. The van der Waals surface area contributed by atoms with Crippen LogP contribution in [0.3, 0.4) is 0 Å². The molecule has 0 amide bonds. The third-order valence-electron chi connectivity index (χ3n) is 6.12.